The first-order valence-electron chi connectivity index (χ1n) is 10.5. The van der Waals surface area contributed by atoms with Gasteiger partial charge in [-0.3, -0.25) is 19.7 Å². The van der Waals surface area contributed by atoms with Gasteiger partial charge in [0.2, 0.25) is 9.84 Å². The molecule has 11 nitrogen and oxygen atoms in total. The standard InChI is InChI=1S/C24H18N2O9S/c1-2-34-15-8-10-18(19(12-15)26(30)31)25-22(27)13-35-24(29)14-7-9-17-21(11-14)36(32,33)20-6-4-3-5-16(20)23(17)28/h3-12H,2,13H2,1H3,(H,25,27). The fraction of sp³-hybridized carbons (Fsp3) is 0.125. The summed E-state index contributed by atoms with van der Waals surface area (Å²) < 4.78 is 36.2. The topological polar surface area (TPSA) is 159 Å². The molecule has 0 saturated carbocycles. The zero-order valence-electron chi connectivity index (χ0n) is 18.7. The molecule has 0 bridgehead atoms. The number of nitrogens with zero attached hydrogens (tertiary/aromatic N) is 1. The van der Waals surface area contributed by atoms with Gasteiger partial charge in [0, 0.05) is 11.1 Å². The van der Waals surface area contributed by atoms with Gasteiger partial charge in [0.05, 0.1) is 33.0 Å². The first-order valence-corrected chi connectivity index (χ1v) is 12.0. The molecule has 0 saturated heterocycles. The molecule has 0 aromatic heterocycles. The number of nitro benzene ring substituents is 1. The molecule has 1 heterocycles. The number of anilines is 1. The molecule has 1 aliphatic heterocycles. The maximum Gasteiger partial charge on any atom is 0.338 e. The van der Waals surface area contributed by atoms with Crippen molar-refractivity contribution in [1.82, 2.24) is 0 Å². The van der Waals surface area contributed by atoms with Gasteiger partial charge >= 0.3 is 5.97 Å². The van der Waals surface area contributed by atoms with Crippen molar-refractivity contribution >= 4 is 38.9 Å². The van der Waals surface area contributed by atoms with E-state index >= 15 is 0 Å². The van der Waals surface area contributed by atoms with E-state index in [9.17, 15) is 32.9 Å². The van der Waals surface area contributed by atoms with Crippen molar-refractivity contribution in [1.29, 1.82) is 0 Å². The monoisotopic (exact) mass is 510 g/mol. The highest BCUT2D eigenvalue weighted by Crippen LogP contribution is 2.35. The minimum atomic E-state index is -4.06. The van der Waals surface area contributed by atoms with Crippen LogP contribution in [0.3, 0.4) is 0 Å². The number of carbonyl (C=O) groups is 3. The zero-order chi connectivity index (χ0) is 26.0. The highest BCUT2D eigenvalue weighted by molar-refractivity contribution is 7.91. The van der Waals surface area contributed by atoms with Gasteiger partial charge in [-0.1, -0.05) is 12.1 Å². The van der Waals surface area contributed by atoms with Crippen LogP contribution in [0.1, 0.15) is 33.2 Å². The third kappa shape index (κ3) is 4.53. The Kier molecular flexibility index (Phi) is 6.53. The van der Waals surface area contributed by atoms with Crippen LogP contribution in [0.25, 0.3) is 0 Å². The Morgan fingerprint density at radius 2 is 1.72 bits per heavy atom. The molecule has 0 aliphatic carbocycles. The molecule has 0 fully saturated rings. The number of sulfone groups is 1. The molecule has 0 radical (unpaired) electrons. The molecule has 1 amide bonds. The minimum absolute atomic E-state index is 0.0420. The van der Waals surface area contributed by atoms with Gasteiger partial charge in [0.15, 0.2) is 12.4 Å². The van der Waals surface area contributed by atoms with Crippen LogP contribution in [0.15, 0.2) is 70.5 Å². The van der Waals surface area contributed by atoms with E-state index in [0.29, 0.717) is 6.61 Å². The molecule has 0 atom stereocenters. The maximum absolute atomic E-state index is 13.0. The average molecular weight is 510 g/mol. The Morgan fingerprint density at radius 1 is 1.00 bits per heavy atom. The molecule has 0 spiro atoms. The number of fused-ring (bicyclic) bond motifs is 2. The zero-order valence-corrected chi connectivity index (χ0v) is 19.5. The second-order valence-corrected chi connectivity index (χ2v) is 9.42. The van der Waals surface area contributed by atoms with E-state index in [-0.39, 0.29) is 37.9 Å². The molecule has 1 aliphatic rings. The Hall–Kier alpha value is -4.58. The van der Waals surface area contributed by atoms with Crippen LogP contribution < -0.4 is 10.1 Å². The summed E-state index contributed by atoms with van der Waals surface area (Å²) in [5.74, 6) is -2.12. The summed E-state index contributed by atoms with van der Waals surface area (Å²) in [6.45, 7) is 1.21. The summed E-state index contributed by atoms with van der Waals surface area (Å²) >= 11 is 0. The lowest BCUT2D eigenvalue weighted by molar-refractivity contribution is -0.384. The van der Waals surface area contributed by atoms with Crippen molar-refractivity contribution in [3.8, 4) is 5.75 Å². The number of nitro groups is 1. The normalized spacial score (nSPS) is 13.2. The van der Waals surface area contributed by atoms with Crippen LogP contribution in [-0.4, -0.2) is 44.2 Å². The first-order chi connectivity index (χ1) is 17.1. The number of ketones is 1. The summed E-state index contributed by atoms with van der Waals surface area (Å²) in [7, 11) is -4.06. The first kappa shape index (κ1) is 24.5. The highest BCUT2D eigenvalue weighted by Gasteiger charge is 2.35. The van der Waals surface area contributed by atoms with Crippen molar-refractivity contribution in [3.63, 3.8) is 0 Å². The van der Waals surface area contributed by atoms with Gasteiger partial charge in [-0.15, -0.1) is 0 Å². The van der Waals surface area contributed by atoms with Crippen molar-refractivity contribution in [2.45, 2.75) is 16.7 Å². The van der Waals surface area contributed by atoms with E-state index in [1.54, 1.807) is 13.0 Å². The molecule has 36 heavy (non-hydrogen) atoms. The Balaban J connectivity index is 1.49. The van der Waals surface area contributed by atoms with Crippen molar-refractivity contribution < 1.29 is 37.2 Å². The number of esters is 1. The predicted octanol–water partition coefficient (Wildman–Crippen LogP) is 3.17. The fourth-order valence-corrected chi connectivity index (χ4v) is 5.31. The van der Waals surface area contributed by atoms with Gasteiger partial charge in [0.25, 0.3) is 11.6 Å². The molecule has 12 heteroatoms. The van der Waals surface area contributed by atoms with Crippen LogP contribution >= 0.6 is 0 Å². The van der Waals surface area contributed by atoms with E-state index in [2.05, 4.69) is 5.32 Å². The smallest absolute Gasteiger partial charge is 0.338 e. The van der Waals surface area contributed by atoms with Gasteiger partial charge in [0.1, 0.15) is 11.4 Å². The number of nitrogens with one attached hydrogen (secondary N) is 1. The SMILES string of the molecule is CCOc1ccc(NC(=O)COC(=O)c2ccc3c(c2)S(=O)(=O)c2ccccc2C3=O)c([N+](=O)[O-])c1. The Labute approximate surface area is 204 Å². The lowest BCUT2D eigenvalue weighted by atomic mass is 10.0. The lowest BCUT2D eigenvalue weighted by Gasteiger charge is -2.19. The van der Waals surface area contributed by atoms with Gasteiger partial charge in [-0.05, 0) is 49.4 Å². The second kappa shape index (κ2) is 9.58. The quantitative estimate of drug-likeness (QED) is 0.224. The number of hydrogen-bond donors (Lipinski definition) is 1. The molecular formula is C24H18N2O9S. The molecule has 3 aromatic rings. The van der Waals surface area contributed by atoms with E-state index in [1.165, 1.54) is 42.5 Å². The minimum Gasteiger partial charge on any atom is -0.494 e. The summed E-state index contributed by atoms with van der Waals surface area (Å²) in [6.07, 6.45) is 0. The summed E-state index contributed by atoms with van der Waals surface area (Å²) in [5, 5.41) is 13.6. The second-order valence-electron chi connectivity index (χ2n) is 7.53. The Bertz CT molecular complexity index is 1530. The summed E-state index contributed by atoms with van der Waals surface area (Å²) in [6, 6.07) is 13.1. The average Bonchev–Trinajstić information content (AvgIpc) is 2.86. The summed E-state index contributed by atoms with van der Waals surface area (Å²) in [5.41, 5.74) is -0.762. The molecule has 184 valence electrons. The maximum atomic E-state index is 13.0. The van der Waals surface area contributed by atoms with Gasteiger partial charge in [-0.25, -0.2) is 13.2 Å². The summed E-state index contributed by atoms with van der Waals surface area (Å²) in [4.78, 5) is 47.6. The largest absolute Gasteiger partial charge is 0.494 e. The van der Waals surface area contributed by atoms with E-state index in [4.69, 9.17) is 9.47 Å². The number of rotatable bonds is 7. The van der Waals surface area contributed by atoms with Crippen molar-refractivity contribution in [2.75, 3.05) is 18.5 Å². The fourth-order valence-electron chi connectivity index (χ4n) is 3.64. The predicted molar refractivity (Wildman–Crippen MR) is 125 cm³/mol. The molecular weight excluding hydrogens is 492 g/mol. The molecule has 0 unspecified atom stereocenters. The lowest BCUT2D eigenvalue weighted by Crippen LogP contribution is -2.23. The molecule has 4 rings (SSSR count). The van der Waals surface area contributed by atoms with Gasteiger partial charge < -0.3 is 14.8 Å². The van der Waals surface area contributed by atoms with Crippen LogP contribution in [0.2, 0.25) is 0 Å². The van der Waals surface area contributed by atoms with Crippen LogP contribution in [0.4, 0.5) is 11.4 Å². The van der Waals surface area contributed by atoms with Crippen LogP contribution in [0, 0.1) is 10.1 Å². The van der Waals surface area contributed by atoms with Gasteiger partial charge in [-0.2, -0.15) is 0 Å². The number of carbonyl (C=O) groups excluding carboxylic acids is 3. The third-order valence-corrected chi connectivity index (χ3v) is 7.11. The number of benzene rings is 3. The molecule has 1 N–H and O–H groups in total. The van der Waals surface area contributed by atoms with Crippen LogP contribution in [0.5, 0.6) is 5.75 Å². The van der Waals surface area contributed by atoms with E-state index < -0.39 is 44.7 Å². The highest BCUT2D eigenvalue weighted by atomic mass is 32.2. The Morgan fingerprint density at radius 3 is 2.44 bits per heavy atom. The number of ether oxygens (including phenoxy) is 2. The van der Waals surface area contributed by atoms with Crippen molar-refractivity contribution in [3.05, 3.63) is 87.5 Å². The van der Waals surface area contributed by atoms with Crippen molar-refractivity contribution in [2.24, 2.45) is 0 Å². The number of hydrogen-bond acceptors (Lipinski definition) is 9. The van der Waals surface area contributed by atoms with Crippen LogP contribution in [-0.2, 0) is 19.4 Å². The third-order valence-electron chi connectivity index (χ3n) is 5.26. The van der Waals surface area contributed by atoms with E-state index in [1.807, 2.05) is 0 Å². The van der Waals surface area contributed by atoms with E-state index in [0.717, 1.165) is 12.1 Å². The molecule has 3 aromatic carbocycles. The number of amides is 1.